The first-order valence-electron chi connectivity index (χ1n) is 8.32. The van der Waals surface area contributed by atoms with Crippen LogP contribution in [0.2, 0.25) is 0 Å². The molecule has 2 aromatic carbocycles. The van der Waals surface area contributed by atoms with Crippen molar-refractivity contribution >= 4 is 5.69 Å². The highest BCUT2D eigenvalue weighted by Gasteiger charge is 2.16. The summed E-state index contributed by atoms with van der Waals surface area (Å²) >= 11 is 0. The van der Waals surface area contributed by atoms with Crippen LogP contribution in [0.3, 0.4) is 0 Å². The minimum absolute atomic E-state index is 0.215. The van der Waals surface area contributed by atoms with E-state index in [-0.39, 0.29) is 5.82 Å². The molecule has 0 spiro atoms. The van der Waals surface area contributed by atoms with Gasteiger partial charge in [-0.2, -0.15) is 0 Å². The van der Waals surface area contributed by atoms with Crippen molar-refractivity contribution in [1.82, 2.24) is 4.98 Å². The van der Waals surface area contributed by atoms with Gasteiger partial charge in [0.1, 0.15) is 5.82 Å². The Hall–Kier alpha value is -2.68. The number of pyridine rings is 1. The van der Waals surface area contributed by atoms with E-state index in [2.05, 4.69) is 40.2 Å². The molecule has 0 amide bonds. The molecule has 1 aromatic heterocycles. The minimum atomic E-state index is -0.215. The maximum atomic E-state index is 13.1. The molecule has 2 heterocycles. The Balaban J connectivity index is 1.60. The van der Waals surface area contributed by atoms with Crippen molar-refractivity contribution in [2.24, 2.45) is 0 Å². The predicted molar refractivity (Wildman–Crippen MR) is 95.4 cm³/mol. The van der Waals surface area contributed by atoms with Crippen LogP contribution >= 0.6 is 0 Å². The molecule has 0 atom stereocenters. The molecule has 0 N–H and O–H groups in total. The van der Waals surface area contributed by atoms with Gasteiger partial charge in [0.2, 0.25) is 0 Å². The maximum absolute atomic E-state index is 13.1. The zero-order valence-corrected chi connectivity index (χ0v) is 13.5. The average Bonchev–Trinajstić information content (AvgIpc) is 2.63. The lowest BCUT2D eigenvalue weighted by Crippen LogP contribution is -2.28. The lowest BCUT2D eigenvalue weighted by molar-refractivity contribution is 0.628. The van der Waals surface area contributed by atoms with Crippen LogP contribution in [0.1, 0.15) is 17.5 Å². The van der Waals surface area contributed by atoms with Gasteiger partial charge in [-0.15, -0.1) is 0 Å². The van der Waals surface area contributed by atoms with Crippen LogP contribution in [0.15, 0.2) is 67.0 Å². The Labute approximate surface area is 141 Å². The molecule has 3 heteroatoms. The number of para-hydroxylation sites is 1. The number of halogens is 1. The van der Waals surface area contributed by atoms with Crippen molar-refractivity contribution in [1.29, 1.82) is 0 Å². The van der Waals surface area contributed by atoms with E-state index >= 15 is 0 Å². The highest BCUT2D eigenvalue weighted by Crippen LogP contribution is 2.28. The van der Waals surface area contributed by atoms with Crippen LogP contribution in [0.25, 0.3) is 11.1 Å². The molecule has 3 aromatic rings. The van der Waals surface area contributed by atoms with Gasteiger partial charge in [-0.1, -0.05) is 30.3 Å². The van der Waals surface area contributed by atoms with E-state index in [1.165, 1.54) is 35.4 Å². The van der Waals surface area contributed by atoms with Crippen molar-refractivity contribution in [2.45, 2.75) is 19.4 Å². The normalized spacial score (nSPS) is 13.6. The number of nitrogens with zero attached hydrogens (tertiary/aromatic N) is 2. The fraction of sp³-hybridized carbons (Fsp3) is 0.190. The van der Waals surface area contributed by atoms with Gasteiger partial charge in [-0.05, 0) is 53.8 Å². The second kappa shape index (κ2) is 6.44. The number of aryl methyl sites for hydroxylation is 1. The molecule has 0 unspecified atom stereocenters. The summed E-state index contributed by atoms with van der Waals surface area (Å²) in [6.45, 7) is 1.91. The van der Waals surface area contributed by atoms with Gasteiger partial charge in [0.25, 0.3) is 0 Å². The third kappa shape index (κ3) is 3.02. The van der Waals surface area contributed by atoms with Crippen molar-refractivity contribution < 1.29 is 4.39 Å². The lowest BCUT2D eigenvalue weighted by Gasteiger charge is -2.31. The summed E-state index contributed by atoms with van der Waals surface area (Å²) in [4.78, 5) is 6.81. The fourth-order valence-corrected chi connectivity index (χ4v) is 3.37. The van der Waals surface area contributed by atoms with Gasteiger partial charge in [-0.25, -0.2) is 4.39 Å². The molecule has 1 aliphatic heterocycles. The van der Waals surface area contributed by atoms with E-state index in [9.17, 15) is 4.39 Å². The molecule has 24 heavy (non-hydrogen) atoms. The Morgan fingerprint density at radius 3 is 2.67 bits per heavy atom. The summed E-state index contributed by atoms with van der Waals surface area (Å²) < 4.78 is 13.1. The standard InChI is InChI=1S/C21H19FN2/c22-20-9-7-17(8-10-20)19-12-16(13-23-14-19)15-24-11-3-5-18-4-1-2-6-21(18)24/h1-2,4,6-10,12-14H,3,5,11,15H2. The molecule has 1 aliphatic rings. The third-order valence-electron chi connectivity index (χ3n) is 4.55. The van der Waals surface area contributed by atoms with Crippen molar-refractivity contribution in [3.63, 3.8) is 0 Å². The van der Waals surface area contributed by atoms with Crippen LogP contribution in [0.4, 0.5) is 10.1 Å². The SMILES string of the molecule is Fc1ccc(-c2cncc(CN3CCCc4ccccc43)c2)cc1. The Bertz CT molecular complexity index is 842. The number of anilines is 1. The van der Waals surface area contributed by atoms with Gasteiger partial charge < -0.3 is 4.90 Å². The molecule has 0 saturated heterocycles. The van der Waals surface area contributed by atoms with Gasteiger partial charge in [0, 0.05) is 36.7 Å². The van der Waals surface area contributed by atoms with Crippen molar-refractivity contribution in [3.05, 3.63) is 83.9 Å². The van der Waals surface area contributed by atoms with E-state index < -0.39 is 0 Å². The minimum Gasteiger partial charge on any atom is -0.367 e. The van der Waals surface area contributed by atoms with Crippen LogP contribution in [0.5, 0.6) is 0 Å². The number of rotatable bonds is 3. The zero-order chi connectivity index (χ0) is 16.4. The van der Waals surface area contributed by atoms with Gasteiger partial charge in [-0.3, -0.25) is 4.98 Å². The quantitative estimate of drug-likeness (QED) is 0.687. The molecular formula is C21H19FN2. The second-order valence-electron chi connectivity index (χ2n) is 6.24. The van der Waals surface area contributed by atoms with Crippen LogP contribution < -0.4 is 4.90 Å². The summed E-state index contributed by atoms with van der Waals surface area (Å²) in [5.74, 6) is -0.215. The molecule has 0 saturated carbocycles. The average molecular weight is 318 g/mol. The van der Waals surface area contributed by atoms with Crippen LogP contribution in [0, 0.1) is 5.82 Å². The van der Waals surface area contributed by atoms with E-state index in [1.807, 2.05) is 12.4 Å². The Morgan fingerprint density at radius 2 is 1.79 bits per heavy atom. The highest BCUT2D eigenvalue weighted by molar-refractivity contribution is 5.63. The molecule has 0 radical (unpaired) electrons. The van der Waals surface area contributed by atoms with Gasteiger partial charge >= 0.3 is 0 Å². The number of hydrogen-bond acceptors (Lipinski definition) is 2. The number of fused-ring (bicyclic) bond motifs is 1. The predicted octanol–water partition coefficient (Wildman–Crippen LogP) is 4.84. The number of hydrogen-bond donors (Lipinski definition) is 0. The monoisotopic (exact) mass is 318 g/mol. The molecule has 4 rings (SSSR count). The molecule has 0 aliphatic carbocycles. The third-order valence-corrected chi connectivity index (χ3v) is 4.55. The first-order chi connectivity index (χ1) is 11.8. The van der Waals surface area contributed by atoms with Gasteiger partial charge in [0.15, 0.2) is 0 Å². The van der Waals surface area contributed by atoms with Crippen molar-refractivity contribution in [2.75, 3.05) is 11.4 Å². The smallest absolute Gasteiger partial charge is 0.123 e. The lowest BCUT2D eigenvalue weighted by atomic mass is 10.0. The summed E-state index contributed by atoms with van der Waals surface area (Å²) in [6, 6.07) is 17.4. The number of aromatic nitrogens is 1. The van der Waals surface area contributed by atoms with Crippen LogP contribution in [-0.4, -0.2) is 11.5 Å². The maximum Gasteiger partial charge on any atom is 0.123 e. The summed E-state index contributed by atoms with van der Waals surface area (Å²) in [6.07, 6.45) is 6.09. The molecule has 0 bridgehead atoms. The summed E-state index contributed by atoms with van der Waals surface area (Å²) in [7, 11) is 0. The van der Waals surface area contributed by atoms with Gasteiger partial charge in [0.05, 0.1) is 0 Å². The van der Waals surface area contributed by atoms with E-state index in [0.717, 1.165) is 30.6 Å². The fourth-order valence-electron chi connectivity index (χ4n) is 3.37. The van der Waals surface area contributed by atoms with E-state index in [1.54, 1.807) is 12.1 Å². The molecule has 120 valence electrons. The Kier molecular flexibility index (Phi) is 3.99. The zero-order valence-electron chi connectivity index (χ0n) is 13.5. The first-order valence-corrected chi connectivity index (χ1v) is 8.32. The summed E-state index contributed by atoms with van der Waals surface area (Å²) in [5.41, 5.74) is 5.94. The topological polar surface area (TPSA) is 16.1 Å². The molecule has 2 nitrogen and oxygen atoms in total. The van der Waals surface area contributed by atoms with E-state index in [0.29, 0.717) is 0 Å². The highest BCUT2D eigenvalue weighted by atomic mass is 19.1. The van der Waals surface area contributed by atoms with Crippen molar-refractivity contribution in [3.8, 4) is 11.1 Å². The summed E-state index contributed by atoms with van der Waals surface area (Å²) in [5, 5.41) is 0. The molecular weight excluding hydrogens is 299 g/mol. The Morgan fingerprint density at radius 1 is 0.958 bits per heavy atom. The number of benzene rings is 2. The van der Waals surface area contributed by atoms with E-state index in [4.69, 9.17) is 0 Å². The van der Waals surface area contributed by atoms with Crippen LogP contribution in [-0.2, 0) is 13.0 Å². The largest absolute Gasteiger partial charge is 0.367 e. The molecule has 0 fully saturated rings. The second-order valence-corrected chi connectivity index (χ2v) is 6.24. The first kappa shape index (κ1) is 14.9.